The highest BCUT2D eigenvalue weighted by molar-refractivity contribution is 7.89. The van der Waals surface area contributed by atoms with Gasteiger partial charge in [0.2, 0.25) is 5.95 Å². The number of anilines is 2. The molecule has 5 rings (SSSR count). The molecule has 0 amide bonds. The highest BCUT2D eigenvalue weighted by Crippen LogP contribution is 2.24. The Labute approximate surface area is 223 Å². The fourth-order valence-electron chi connectivity index (χ4n) is 4.56. The molecular weight excluding hydrogens is 498 g/mol. The van der Waals surface area contributed by atoms with E-state index >= 15 is 0 Å². The van der Waals surface area contributed by atoms with E-state index in [1.165, 1.54) is 11.1 Å². The van der Waals surface area contributed by atoms with E-state index in [9.17, 15) is 8.42 Å². The minimum Gasteiger partial charge on any atom is -0.324 e. The Morgan fingerprint density at radius 1 is 1.05 bits per heavy atom. The lowest BCUT2D eigenvalue weighted by atomic mass is 10.1. The van der Waals surface area contributed by atoms with Gasteiger partial charge in [0, 0.05) is 67.6 Å². The van der Waals surface area contributed by atoms with E-state index in [2.05, 4.69) is 57.5 Å². The lowest BCUT2D eigenvalue weighted by Crippen LogP contribution is -2.43. The number of nitrogens with one attached hydrogen (secondary N) is 2. The number of sulfonamides is 1. The Kier molecular flexibility index (Phi) is 7.20. The number of aromatic nitrogens is 3. The Bertz CT molecular complexity index is 1570. The molecule has 9 nitrogen and oxygen atoms in total. The predicted molar refractivity (Wildman–Crippen MR) is 151 cm³/mol. The molecule has 4 aromatic rings. The van der Waals surface area contributed by atoms with Crippen LogP contribution in [0, 0.1) is 6.92 Å². The highest BCUT2D eigenvalue weighted by atomic mass is 32.2. The quantitative estimate of drug-likeness (QED) is 0.354. The first-order valence-electron chi connectivity index (χ1n) is 12.6. The maximum Gasteiger partial charge on any atom is 0.261 e. The summed E-state index contributed by atoms with van der Waals surface area (Å²) in [7, 11) is -1.48. The number of hydrogen-bond donors (Lipinski definition) is 2. The number of allylic oxidation sites excluding steroid dienone is 1. The molecule has 0 spiro atoms. The first-order chi connectivity index (χ1) is 18.2. The molecule has 1 saturated heterocycles. The maximum absolute atomic E-state index is 12.4. The Balaban J connectivity index is 1.37. The van der Waals surface area contributed by atoms with Gasteiger partial charge in [-0.2, -0.15) is 4.98 Å². The van der Waals surface area contributed by atoms with Crippen LogP contribution in [-0.4, -0.2) is 66.0 Å². The number of hydrogen-bond acceptors (Lipinski definition) is 7. The molecule has 2 aromatic heterocycles. The summed E-state index contributed by atoms with van der Waals surface area (Å²) in [6.07, 6.45) is 3.69. The largest absolute Gasteiger partial charge is 0.324 e. The molecule has 0 saturated carbocycles. The van der Waals surface area contributed by atoms with E-state index in [-0.39, 0.29) is 4.90 Å². The number of benzene rings is 2. The van der Waals surface area contributed by atoms with Gasteiger partial charge in [0.1, 0.15) is 5.65 Å². The molecule has 198 valence electrons. The zero-order valence-electron chi connectivity index (χ0n) is 22.0. The van der Waals surface area contributed by atoms with Crippen LogP contribution >= 0.6 is 0 Å². The van der Waals surface area contributed by atoms with E-state index < -0.39 is 10.0 Å². The summed E-state index contributed by atoms with van der Waals surface area (Å²) < 4.78 is 29.2. The number of aryl methyl sites for hydroxylation is 1. The highest BCUT2D eigenvalue weighted by Gasteiger charge is 2.16. The first kappa shape index (κ1) is 25.9. The minimum atomic E-state index is -3.65. The van der Waals surface area contributed by atoms with Crippen LogP contribution < -0.4 is 10.0 Å². The van der Waals surface area contributed by atoms with Crippen molar-refractivity contribution in [3.8, 4) is 5.69 Å². The monoisotopic (exact) mass is 531 g/mol. The number of likely N-dealkylation sites (N-methyl/N-ethyl adjacent to an activating group) is 1. The molecular formula is C28H33N7O2S. The van der Waals surface area contributed by atoms with E-state index in [0.717, 1.165) is 55.1 Å². The lowest BCUT2D eigenvalue weighted by Gasteiger charge is -2.32. The topological polar surface area (TPSA) is 95.4 Å². The average molecular weight is 532 g/mol. The lowest BCUT2D eigenvalue weighted by molar-refractivity contribution is 0.148. The molecule has 0 bridgehead atoms. The van der Waals surface area contributed by atoms with Gasteiger partial charge >= 0.3 is 0 Å². The third-order valence-electron chi connectivity index (χ3n) is 6.76. The standard InChI is InChI=1S/C28H33N7O2S/c1-20(2)32-38(36,37)26-9-7-25(8-10-26)35-12-11-22-18-29-28(31-27(22)35)30-24-6-5-21(3)23(17-24)19-34-15-13-33(4)14-16-34/h5-12,17-18,32H,1,13-16,19H2,2-4H3,(H,29,30,31). The van der Waals surface area contributed by atoms with Gasteiger partial charge in [-0.25, -0.2) is 13.4 Å². The van der Waals surface area contributed by atoms with Gasteiger partial charge in [0.05, 0.1) is 4.90 Å². The van der Waals surface area contributed by atoms with E-state index in [4.69, 9.17) is 4.98 Å². The molecule has 2 aromatic carbocycles. The van der Waals surface area contributed by atoms with Crippen molar-refractivity contribution in [2.24, 2.45) is 0 Å². The van der Waals surface area contributed by atoms with Gasteiger partial charge in [0.25, 0.3) is 10.0 Å². The Morgan fingerprint density at radius 2 is 1.79 bits per heavy atom. The number of piperazine rings is 1. The molecule has 0 unspecified atom stereocenters. The number of fused-ring (bicyclic) bond motifs is 1. The van der Waals surface area contributed by atoms with Gasteiger partial charge < -0.3 is 14.8 Å². The molecule has 0 atom stereocenters. The summed E-state index contributed by atoms with van der Waals surface area (Å²) in [6.45, 7) is 12.6. The zero-order valence-corrected chi connectivity index (χ0v) is 22.8. The zero-order chi connectivity index (χ0) is 26.9. The van der Waals surface area contributed by atoms with Gasteiger partial charge in [-0.1, -0.05) is 12.6 Å². The second-order valence-corrected chi connectivity index (χ2v) is 11.6. The predicted octanol–water partition coefficient (Wildman–Crippen LogP) is 4.03. The van der Waals surface area contributed by atoms with Crippen LogP contribution in [-0.2, 0) is 16.6 Å². The molecule has 38 heavy (non-hydrogen) atoms. The summed E-state index contributed by atoms with van der Waals surface area (Å²) in [4.78, 5) is 14.3. The molecule has 1 aliphatic rings. The van der Waals surface area contributed by atoms with Crippen LogP contribution in [0.2, 0.25) is 0 Å². The second kappa shape index (κ2) is 10.6. The van der Waals surface area contributed by atoms with Gasteiger partial charge in [-0.05, 0) is 74.5 Å². The van der Waals surface area contributed by atoms with Crippen molar-refractivity contribution >= 4 is 32.7 Å². The average Bonchev–Trinajstić information content (AvgIpc) is 3.30. The normalized spacial score (nSPS) is 15.0. The van der Waals surface area contributed by atoms with Gasteiger partial charge in [0.15, 0.2) is 0 Å². The van der Waals surface area contributed by atoms with Crippen LogP contribution in [0.15, 0.2) is 78.1 Å². The summed E-state index contributed by atoms with van der Waals surface area (Å²) >= 11 is 0. The summed E-state index contributed by atoms with van der Waals surface area (Å²) in [5.74, 6) is 0.497. The third-order valence-corrected chi connectivity index (χ3v) is 8.27. The number of rotatable bonds is 8. The molecule has 1 fully saturated rings. The Morgan fingerprint density at radius 3 is 2.50 bits per heavy atom. The molecule has 0 aliphatic carbocycles. The van der Waals surface area contributed by atoms with Crippen LogP contribution in [0.5, 0.6) is 0 Å². The van der Waals surface area contributed by atoms with Crippen molar-refractivity contribution in [1.29, 1.82) is 0 Å². The van der Waals surface area contributed by atoms with Gasteiger partial charge in [-0.3, -0.25) is 9.62 Å². The molecule has 0 radical (unpaired) electrons. The summed E-state index contributed by atoms with van der Waals surface area (Å²) in [6, 6.07) is 15.0. The van der Waals surface area contributed by atoms with E-state index in [1.807, 2.05) is 22.9 Å². The fraction of sp³-hybridized carbons (Fsp3) is 0.286. The molecule has 3 heterocycles. The van der Waals surface area contributed by atoms with Crippen LogP contribution in [0.1, 0.15) is 18.1 Å². The van der Waals surface area contributed by atoms with E-state index in [0.29, 0.717) is 11.6 Å². The van der Waals surface area contributed by atoms with Crippen molar-refractivity contribution in [3.63, 3.8) is 0 Å². The first-order valence-corrected chi connectivity index (χ1v) is 14.1. The maximum atomic E-state index is 12.4. The minimum absolute atomic E-state index is 0.171. The second-order valence-electron chi connectivity index (χ2n) is 9.88. The van der Waals surface area contributed by atoms with Crippen LogP contribution in [0.25, 0.3) is 16.7 Å². The van der Waals surface area contributed by atoms with Crippen molar-refractivity contribution in [2.75, 3.05) is 38.5 Å². The molecule has 10 heteroatoms. The summed E-state index contributed by atoms with van der Waals surface area (Å²) in [5, 5.41) is 4.25. The molecule has 1 aliphatic heterocycles. The van der Waals surface area contributed by atoms with Crippen molar-refractivity contribution < 1.29 is 8.42 Å². The fourth-order valence-corrected chi connectivity index (χ4v) is 5.63. The van der Waals surface area contributed by atoms with Crippen molar-refractivity contribution in [3.05, 3.63) is 84.3 Å². The summed E-state index contributed by atoms with van der Waals surface area (Å²) in [5.41, 5.74) is 5.38. The number of nitrogens with zero attached hydrogens (tertiary/aromatic N) is 5. The Hall–Kier alpha value is -3.73. The van der Waals surface area contributed by atoms with Crippen LogP contribution in [0.4, 0.5) is 11.6 Å². The van der Waals surface area contributed by atoms with Crippen molar-refractivity contribution in [1.82, 2.24) is 29.1 Å². The molecule has 2 N–H and O–H groups in total. The smallest absolute Gasteiger partial charge is 0.261 e. The third kappa shape index (κ3) is 5.72. The van der Waals surface area contributed by atoms with Crippen molar-refractivity contribution in [2.45, 2.75) is 25.3 Å². The van der Waals surface area contributed by atoms with Gasteiger partial charge in [-0.15, -0.1) is 0 Å². The SMILES string of the molecule is C=C(C)NS(=O)(=O)c1ccc(-n2ccc3cnc(Nc4ccc(C)c(CN5CCN(C)CC5)c4)nc32)cc1. The van der Waals surface area contributed by atoms with Crippen LogP contribution in [0.3, 0.4) is 0 Å². The van der Waals surface area contributed by atoms with E-state index in [1.54, 1.807) is 37.4 Å².